The molecule has 0 unspecified atom stereocenters. The standard InChI is InChI=1S/C8H9O2/c1-2-5-9-7-8-4-3-6-10-8/h2-6H,1,7H2/q-1. The van der Waals surface area contributed by atoms with Crippen LogP contribution in [0.15, 0.2) is 35.5 Å². The SMILES string of the molecule is C=C[CH-]OCc1ccco1. The van der Waals surface area contributed by atoms with Gasteiger partial charge in [-0.05, 0) is 12.1 Å². The zero-order valence-corrected chi connectivity index (χ0v) is 5.62. The van der Waals surface area contributed by atoms with Crippen molar-refractivity contribution in [2.45, 2.75) is 6.61 Å². The van der Waals surface area contributed by atoms with Gasteiger partial charge in [0.1, 0.15) is 5.76 Å². The predicted octanol–water partition coefficient (Wildman–Crippen LogP) is 2.14. The average molecular weight is 137 g/mol. The lowest BCUT2D eigenvalue weighted by molar-refractivity contribution is 0.180. The first-order valence-electron chi connectivity index (χ1n) is 3.01. The summed E-state index contributed by atoms with van der Waals surface area (Å²) >= 11 is 0. The van der Waals surface area contributed by atoms with Gasteiger partial charge in [-0.1, -0.05) is 0 Å². The molecule has 2 heteroatoms. The molecule has 1 rings (SSSR count). The lowest BCUT2D eigenvalue weighted by atomic mass is 10.5. The molecule has 0 aromatic carbocycles. The van der Waals surface area contributed by atoms with Crippen molar-refractivity contribution in [2.75, 3.05) is 0 Å². The minimum absolute atomic E-state index is 0.471. The van der Waals surface area contributed by atoms with Gasteiger partial charge >= 0.3 is 0 Å². The van der Waals surface area contributed by atoms with E-state index in [1.54, 1.807) is 12.3 Å². The van der Waals surface area contributed by atoms with Crippen LogP contribution in [0.3, 0.4) is 0 Å². The average Bonchev–Trinajstić information content (AvgIpc) is 2.41. The van der Waals surface area contributed by atoms with Crippen LogP contribution in [0, 0.1) is 6.61 Å². The van der Waals surface area contributed by atoms with Crippen molar-refractivity contribution in [3.63, 3.8) is 0 Å². The van der Waals surface area contributed by atoms with Crippen LogP contribution in [0.2, 0.25) is 0 Å². The van der Waals surface area contributed by atoms with Crippen molar-refractivity contribution in [3.8, 4) is 0 Å². The molecule has 1 aromatic rings. The van der Waals surface area contributed by atoms with Crippen LogP contribution in [0.1, 0.15) is 5.76 Å². The lowest BCUT2D eigenvalue weighted by Gasteiger charge is -2.01. The molecule has 0 N–H and O–H groups in total. The van der Waals surface area contributed by atoms with E-state index in [0.717, 1.165) is 5.76 Å². The Kier molecular flexibility index (Phi) is 2.64. The summed E-state index contributed by atoms with van der Waals surface area (Å²) in [7, 11) is 0. The van der Waals surface area contributed by atoms with Gasteiger partial charge in [0, 0.05) is 0 Å². The van der Waals surface area contributed by atoms with Gasteiger partial charge < -0.3 is 9.15 Å². The summed E-state index contributed by atoms with van der Waals surface area (Å²) in [6.07, 6.45) is 3.20. The van der Waals surface area contributed by atoms with E-state index in [4.69, 9.17) is 9.15 Å². The molecule has 0 aliphatic rings. The highest BCUT2D eigenvalue weighted by Gasteiger charge is 1.89. The summed E-state index contributed by atoms with van der Waals surface area (Å²) in [5.74, 6) is 0.818. The molecule has 0 fully saturated rings. The second-order valence-electron chi connectivity index (χ2n) is 1.76. The highest BCUT2D eigenvalue weighted by atomic mass is 16.5. The van der Waals surface area contributed by atoms with E-state index in [9.17, 15) is 0 Å². The predicted molar refractivity (Wildman–Crippen MR) is 38.0 cm³/mol. The van der Waals surface area contributed by atoms with Gasteiger partial charge in [-0.25, -0.2) is 12.7 Å². The van der Waals surface area contributed by atoms with E-state index in [-0.39, 0.29) is 0 Å². The van der Waals surface area contributed by atoms with Crippen LogP contribution in [0.5, 0.6) is 0 Å². The van der Waals surface area contributed by atoms with Crippen molar-refractivity contribution >= 4 is 0 Å². The molecule has 2 nitrogen and oxygen atoms in total. The van der Waals surface area contributed by atoms with Crippen molar-refractivity contribution in [3.05, 3.63) is 43.4 Å². The molecule has 1 aromatic heterocycles. The van der Waals surface area contributed by atoms with Crippen molar-refractivity contribution in [2.24, 2.45) is 0 Å². The number of rotatable bonds is 4. The van der Waals surface area contributed by atoms with Gasteiger partial charge in [0.05, 0.1) is 12.9 Å². The zero-order chi connectivity index (χ0) is 7.23. The first kappa shape index (κ1) is 6.96. The molecular weight excluding hydrogens is 128 g/mol. The number of hydrogen-bond donors (Lipinski definition) is 0. The molecule has 0 aliphatic heterocycles. The Hall–Kier alpha value is -1.15. The third kappa shape index (κ3) is 1.99. The molecule has 1 heterocycles. The topological polar surface area (TPSA) is 22.4 Å². The highest BCUT2D eigenvalue weighted by Crippen LogP contribution is 2.02. The number of furan rings is 1. The third-order valence-corrected chi connectivity index (χ3v) is 0.998. The Morgan fingerprint density at radius 3 is 3.30 bits per heavy atom. The quantitative estimate of drug-likeness (QED) is 0.468. The molecule has 0 atom stereocenters. The fraction of sp³-hybridized carbons (Fsp3) is 0.125. The maximum atomic E-state index is 5.00. The summed E-state index contributed by atoms with van der Waals surface area (Å²) in [5, 5.41) is 0. The second-order valence-corrected chi connectivity index (χ2v) is 1.76. The van der Waals surface area contributed by atoms with E-state index >= 15 is 0 Å². The molecule has 0 saturated carbocycles. The maximum absolute atomic E-state index is 5.00. The fourth-order valence-corrected chi connectivity index (χ4v) is 0.593. The first-order valence-corrected chi connectivity index (χ1v) is 3.01. The Bertz CT molecular complexity index is 177. The van der Waals surface area contributed by atoms with E-state index in [2.05, 4.69) is 6.58 Å². The minimum atomic E-state index is 0.471. The summed E-state index contributed by atoms with van der Waals surface area (Å²) in [5.41, 5.74) is 0. The van der Waals surface area contributed by atoms with Crippen LogP contribution in [0.25, 0.3) is 0 Å². The van der Waals surface area contributed by atoms with Gasteiger partial charge in [0.2, 0.25) is 0 Å². The van der Waals surface area contributed by atoms with E-state index in [1.807, 2.05) is 12.1 Å². The molecule has 0 radical (unpaired) electrons. The van der Waals surface area contributed by atoms with Crippen LogP contribution in [-0.2, 0) is 11.3 Å². The first-order chi connectivity index (χ1) is 4.93. The molecule has 0 amide bonds. The van der Waals surface area contributed by atoms with Gasteiger partial charge in [0.15, 0.2) is 0 Å². The third-order valence-electron chi connectivity index (χ3n) is 0.998. The zero-order valence-electron chi connectivity index (χ0n) is 5.62. The second kappa shape index (κ2) is 3.80. The van der Waals surface area contributed by atoms with Gasteiger partial charge in [-0.15, -0.1) is 6.61 Å². The maximum Gasteiger partial charge on any atom is 0.127 e. The highest BCUT2D eigenvalue weighted by molar-refractivity contribution is 4.96. The molecule has 10 heavy (non-hydrogen) atoms. The minimum Gasteiger partial charge on any atom is -0.467 e. The lowest BCUT2D eigenvalue weighted by Crippen LogP contribution is -1.84. The van der Waals surface area contributed by atoms with Crippen LogP contribution < -0.4 is 0 Å². The molecule has 0 saturated heterocycles. The van der Waals surface area contributed by atoms with Gasteiger partial charge in [0.25, 0.3) is 0 Å². The Morgan fingerprint density at radius 1 is 1.80 bits per heavy atom. The Labute approximate surface area is 60.1 Å². The van der Waals surface area contributed by atoms with E-state index in [1.165, 1.54) is 6.61 Å². The molecule has 0 bridgehead atoms. The van der Waals surface area contributed by atoms with Crippen LogP contribution in [-0.4, -0.2) is 0 Å². The largest absolute Gasteiger partial charge is 0.467 e. The number of ether oxygens (including phenoxy) is 1. The summed E-state index contributed by atoms with van der Waals surface area (Å²) in [4.78, 5) is 0. The fourth-order valence-electron chi connectivity index (χ4n) is 0.593. The normalized spacial score (nSPS) is 9.20. The Balaban J connectivity index is 2.21. The van der Waals surface area contributed by atoms with Crippen molar-refractivity contribution in [1.29, 1.82) is 0 Å². The molecular formula is C8H9O2-. The monoisotopic (exact) mass is 137 g/mol. The molecule has 54 valence electrons. The van der Waals surface area contributed by atoms with E-state index in [0.29, 0.717) is 6.61 Å². The van der Waals surface area contributed by atoms with Crippen LogP contribution >= 0.6 is 0 Å². The van der Waals surface area contributed by atoms with E-state index < -0.39 is 0 Å². The Morgan fingerprint density at radius 2 is 2.70 bits per heavy atom. The van der Waals surface area contributed by atoms with Gasteiger partial charge in [-0.2, -0.15) is 0 Å². The smallest absolute Gasteiger partial charge is 0.127 e. The summed E-state index contributed by atoms with van der Waals surface area (Å²) in [6.45, 7) is 5.47. The summed E-state index contributed by atoms with van der Waals surface area (Å²) < 4.78 is 9.99. The van der Waals surface area contributed by atoms with Crippen molar-refractivity contribution < 1.29 is 9.15 Å². The molecule has 0 spiro atoms. The number of hydrogen-bond acceptors (Lipinski definition) is 2. The summed E-state index contributed by atoms with van der Waals surface area (Å²) in [6, 6.07) is 3.68. The van der Waals surface area contributed by atoms with Gasteiger partial charge in [-0.3, -0.25) is 0 Å². The molecule has 0 aliphatic carbocycles. The van der Waals surface area contributed by atoms with Crippen LogP contribution in [0.4, 0.5) is 0 Å². The van der Waals surface area contributed by atoms with Crippen molar-refractivity contribution in [1.82, 2.24) is 0 Å².